The molecule has 5 N–H and O–H groups in total. The van der Waals surface area contributed by atoms with Crippen LogP contribution in [0.15, 0.2) is 82.8 Å². The number of amides is 3. The van der Waals surface area contributed by atoms with Crippen molar-refractivity contribution in [2.75, 3.05) is 36.0 Å². The van der Waals surface area contributed by atoms with Crippen LogP contribution in [0.25, 0.3) is 0 Å². The minimum atomic E-state index is -4.25. The van der Waals surface area contributed by atoms with Crippen LogP contribution in [0.5, 0.6) is 11.5 Å². The van der Waals surface area contributed by atoms with Crippen molar-refractivity contribution < 1.29 is 45.4 Å². The molecule has 10 rings (SSSR count). The number of aryl methyl sites for hydroxylation is 2. The van der Waals surface area contributed by atoms with Crippen molar-refractivity contribution in [3.8, 4) is 11.5 Å². The summed E-state index contributed by atoms with van der Waals surface area (Å²) in [5, 5.41) is 2.48. The summed E-state index contributed by atoms with van der Waals surface area (Å²) >= 11 is 0. The lowest BCUT2D eigenvalue weighted by molar-refractivity contribution is -0.128. The number of aromatic nitrogens is 2. The lowest BCUT2D eigenvalue weighted by atomic mass is 9.83. The van der Waals surface area contributed by atoms with Gasteiger partial charge in [-0.2, -0.15) is 16.8 Å². The van der Waals surface area contributed by atoms with Crippen LogP contribution in [0, 0.1) is 13.8 Å². The van der Waals surface area contributed by atoms with Gasteiger partial charge < -0.3 is 35.1 Å². The average molecular weight is 1130 g/mol. The zero-order valence-corrected chi connectivity index (χ0v) is 48.2. The highest BCUT2D eigenvalue weighted by molar-refractivity contribution is 7.90. The second-order valence-electron chi connectivity index (χ2n) is 23.8. The van der Waals surface area contributed by atoms with Crippen LogP contribution in [0.4, 0.5) is 16.4 Å². The predicted octanol–water partition coefficient (Wildman–Crippen LogP) is 9.13. The molecule has 4 heterocycles. The quantitative estimate of drug-likeness (QED) is 0.0868. The van der Waals surface area contributed by atoms with E-state index in [1.807, 2.05) is 56.6 Å². The molecule has 2 saturated heterocycles. The van der Waals surface area contributed by atoms with Crippen molar-refractivity contribution in [2.45, 2.75) is 201 Å². The molecule has 20 heteroatoms. The number of nitrogens with two attached hydrogens (primary N) is 1. The van der Waals surface area contributed by atoms with E-state index in [1.165, 1.54) is 50.7 Å². The number of hydrogen-bond acceptors (Lipinski definition) is 15. The predicted molar refractivity (Wildman–Crippen MR) is 302 cm³/mol. The number of hydrogen-bond donors (Lipinski definition) is 4. The molecule has 2 atom stereocenters. The van der Waals surface area contributed by atoms with Gasteiger partial charge in [-0.15, -0.1) is 0 Å². The molecular weight excluding hydrogens is 1040 g/mol. The lowest BCUT2D eigenvalue weighted by Crippen LogP contribution is -2.49. The topological polar surface area (TPSA) is 242 Å². The molecule has 2 aromatic carbocycles. The molecule has 3 amide bonds. The zero-order chi connectivity index (χ0) is 56.2. The van der Waals surface area contributed by atoms with E-state index in [0.29, 0.717) is 80.3 Å². The van der Waals surface area contributed by atoms with Gasteiger partial charge >= 0.3 is 6.09 Å². The zero-order valence-electron chi connectivity index (χ0n) is 46.6. The minimum absolute atomic E-state index is 0.0347. The van der Waals surface area contributed by atoms with Crippen LogP contribution < -0.4 is 39.8 Å². The van der Waals surface area contributed by atoms with Gasteiger partial charge in [0.15, 0.2) is 21.3 Å². The number of carbonyl (C=O) groups is 3. The molecule has 0 radical (unpaired) electrons. The maximum absolute atomic E-state index is 13.4. The van der Waals surface area contributed by atoms with Crippen molar-refractivity contribution in [1.82, 2.24) is 24.7 Å². The Hall–Kier alpha value is -5.99. The number of benzene rings is 2. The van der Waals surface area contributed by atoms with Crippen LogP contribution >= 0.6 is 0 Å². The molecule has 18 nitrogen and oxygen atoms in total. The largest absolute Gasteiger partial charge is 0.477 e. The standard InChI is InChI=1S/C32H44N4O6S.C27H36N4O4S/c1-22-15-16-25(23-10-6-5-7-11-23)26(20-22)41-32(17-18-32)29(37)35-43(39,40)28-14-8-13-27(34-28)36-19-9-12-24(21-36)33-30(38)42-31(2,3)4;1-19-12-13-22(20-7-3-2-4-8-20)23(17-19)35-27(14-15-27)26(32)30-36(33,34)25-11-5-10-24(29-25)31-16-6-9-21(28)18-31/h8,13-16,20,23-24H,5-7,9-12,17-19,21H2,1-4H3,(H,33,38)(H,35,37);5,10-13,17,20-21H,2-4,6-9,14-16,18,28H2,1H3,(H,30,32). The second kappa shape index (κ2) is 24.0. The molecule has 79 heavy (non-hydrogen) atoms. The minimum Gasteiger partial charge on any atom is -0.477 e. The highest BCUT2D eigenvalue weighted by atomic mass is 32.2. The summed E-state index contributed by atoms with van der Waals surface area (Å²) in [5.41, 5.74) is 7.40. The second-order valence-corrected chi connectivity index (χ2v) is 27.0. The molecule has 4 saturated carbocycles. The van der Waals surface area contributed by atoms with Gasteiger partial charge in [-0.3, -0.25) is 9.59 Å². The molecule has 2 unspecified atom stereocenters. The Kier molecular flexibility index (Phi) is 17.5. The summed E-state index contributed by atoms with van der Waals surface area (Å²) in [4.78, 5) is 51.6. The first kappa shape index (κ1) is 57.7. The summed E-state index contributed by atoms with van der Waals surface area (Å²) in [6, 6.07) is 21.7. The number of sulfonamides is 2. The molecule has 2 aromatic heterocycles. The maximum Gasteiger partial charge on any atom is 0.407 e. The first-order chi connectivity index (χ1) is 37.6. The Balaban J connectivity index is 0.000000195. The number of carbonyl (C=O) groups excluding carboxylic acids is 3. The maximum atomic E-state index is 13.4. The Morgan fingerprint density at radius 3 is 1.47 bits per heavy atom. The summed E-state index contributed by atoms with van der Waals surface area (Å²) < 4.78 is 75.6. The number of anilines is 2. The number of alkyl carbamates (subject to hydrolysis) is 1. The smallest absolute Gasteiger partial charge is 0.407 e. The van der Waals surface area contributed by atoms with Gasteiger partial charge in [0.1, 0.15) is 28.7 Å². The molecule has 428 valence electrons. The Morgan fingerprint density at radius 1 is 0.595 bits per heavy atom. The van der Waals surface area contributed by atoms with E-state index in [4.69, 9.17) is 19.9 Å². The van der Waals surface area contributed by atoms with E-state index >= 15 is 0 Å². The normalized spacial score (nSPS) is 21.3. The summed E-state index contributed by atoms with van der Waals surface area (Å²) in [6.45, 7) is 11.9. The molecule has 6 aliphatic rings. The van der Waals surface area contributed by atoms with E-state index in [-0.39, 0.29) is 22.1 Å². The van der Waals surface area contributed by atoms with Gasteiger partial charge in [0.05, 0.1) is 0 Å². The van der Waals surface area contributed by atoms with Crippen LogP contribution in [0.1, 0.15) is 170 Å². The van der Waals surface area contributed by atoms with Crippen LogP contribution in [0.2, 0.25) is 0 Å². The summed E-state index contributed by atoms with van der Waals surface area (Å²) in [7, 11) is -8.41. The van der Waals surface area contributed by atoms with Crippen molar-refractivity contribution in [2.24, 2.45) is 5.73 Å². The van der Waals surface area contributed by atoms with Gasteiger partial charge in [-0.1, -0.05) is 74.9 Å². The first-order valence-electron chi connectivity index (χ1n) is 28.5. The van der Waals surface area contributed by atoms with Crippen LogP contribution in [0.3, 0.4) is 0 Å². The highest BCUT2D eigenvalue weighted by Gasteiger charge is 2.56. The molecule has 4 aromatic rings. The van der Waals surface area contributed by atoms with Gasteiger partial charge in [0.2, 0.25) is 0 Å². The fraction of sp³-hybridized carbons (Fsp3) is 0.576. The number of piperidine rings is 2. The number of nitrogens with zero attached hydrogens (tertiary/aromatic N) is 4. The van der Waals surface area contributed by atoms with Gasteiger partial charge in [-0.05, 0) is 156 Å². The molecule has 0 bridgehead atoms. The van der Waals surface area contributed by atoms with Crippen molar-refractivity contribution in [1.29, 1.82) is 0 Å². The van der Waals surface area contributed by atoms with E-state index in [2.05, 4.69) is 49.0 Å². The molecule has 6 fully saturated rings. The number of pyridine rings is 2. The molecular formula is C59H80N8O10S2. The summed E-state index contributed by atoms with van der Waals surface area (Å²) in [6.07, 6.45) is 16.4. The highest BCUT2D eigenvalue weighted by Crippen LogP contribution is 2.47. The van der Waals surface area contributed by atoms with Gasteiger partial charge in [-0.25, -0.2) is 24.2 Å². The Bertz CT molecular complexity index is 3070. The van der Waals surface area contributed by atoms with Crippen molar-refractivity contribution in [3.63, 3.8) is 0 Å². The third kappa shape index (κ3) is 14.7. The van der Waals surface area contributed by atoms with Crippen LogP contribution in [-0.4, -0.2) is 99.8 Å². The first-order valence-corrected chi connectivity index (χ1v) is 31.5. The van der Waals surface area contributed by atoms with E-state index < -0.39 is 54.8 Å². The molecule has 0 spiro atoms. The number of rotatable bonds is 15. The third-order valence-corrected chi connectivity index (χ3v) is 18.4. The monoisotopic (exact) mass is 1120 g/mol. The van der Waals surface area contributed by atoms with E-state index in [1.54, 1.807) is 24.3 Å². The molecule has 2 aliphatic heterocycles. The lowest BCUT2D eigenvalue weighted by Gasteiger charge is -2.34. The summed E-state index contributed by atoms with van der Waals surface area (Å²) in [5.74, 6) is 1.88. The van der Waals surface area contributed by atoms with E-state index in [0.717, 1.165) is 80.2 Å². The van der Waals surface area contributed by atoms with Crippen molar-refractivity contribution in [3.05, 3.63) is 95.1 Å². The number of ether oxygens (including phenoxy) is 3. The Labute approximate surface area is 466 Å². The van der Waals surface area contributed by atoms with Gasteiger partial charge in [0.25, 0.3) is 31.9 Å². The average Bonchev–Trinajstić information content (AvgIpc) is 4.57. The number of nitrogens with one attached hydrogen (secondary N) is 3. The SMILES string of the molecule is Cc1ccc(C2CCCCC2)c(OC2(C(=O)NS(=O)(=O)c3cccc(N4CCCC(N)C4)n3)CC2)c1.Cc1ccc(C2CCCCC2)c(OC2(C(=O)NS(=O)(=O)c3cccc(N4CCCC(NC(=O)OC(C)(C)C)C4)n3)CC2)c1. The van der Waals surface area contributed by atoms with Gasteiger partial charge in [0, 0.05) is 63.9 Å². The third-order valence-electron chi connectivity index (χ3n) is 15.9. The van der Waals surface area contributed by atoms with Crippen molar-refractivity contribution >= 4 is 49.6 Å². The Morgan fingerprint density at radius 2 is 1.04 bits per heavy atom. The fourth-order valence-electron chi connectivity index (χ4n) is 11.4. The van der Waals surface area contributed by atoms with E-state index in [9.17, 15) is 31.2 Å². The van der Waals surface area contributed by atoms with Crippen LogP contribution in [-0.2, 0) is 34.4 Å². The fourth-order valence-corrected chi connectivity index (χ4v) is 13.4. The molecule has 4 aliphatic carbocycles.